The van der Waals surface area contributed by atoms with Crippen molar-refractivity contribution in [3.63, 3.8) is 0 Å². The van der Waals surface area contributed by atoms with Gasteiger partial charge in [-0.2, -0.15) is 4.31 Å². The van der Waals surface area contributed by atoms with E-state index in [1.807, 2.05) is 0 Å². The summed E-state index contributed by atoms with van der Waals surface area (Å²) in [6.07, 6.45) is -1.10. The van der Waals surface area contributed by atoms with Crippen LogP contribution in [0.3, 0.4) is 0 Å². The second kappa shape index (κ2) is 9.54. The number of sulfonamides is 1. The molecular weight excluding hydrogens is 448 g/mol. The van der Waals surface area contributed by atoms with E-state index in [-0.39, 0.29) is 18.2 Å². The molecule has 0 bridgehead atoms. The minimum Gasteiger partial charge on any atom is -0.454 e. The van der Waals surface area contributed by atoms with Gasteiger partial charge in [-0.25, -0.2) is 8.42 Å². The van der Waals surface area contributed by atoms with E-state index in [9.17, 15) is 18.0 Å². The minimum atomic E-state index is -3.91. The highest BCUT2D eigenvalue weighted by Crippen LogP contribution is 2.32. The first-order valence-corrected chi connectivity index (χ1v) is 11.1. The van der Waals surface area contributed by atoms with Gasteiger partial charge in [0.1, 0.15) is 6.54 Å². The van der Waals surface area contributed by atoms with Gasteiger partial charge in [-0.05, 0) is 48.9 Å². The van der Waals surface area contributed by atoms with Crippen molar-refractivity contribution in [1.82, 2.24) is 9.62 Å². The maximum absolute atomic E-state index is 12.5. The Labute approximate surface area is 184 Å². The molecule has 0 aromatic heterocycles. The molecular formula is C20H21ClN2O7S. The Kier molecular flexibility index (Phi) is 7.04. The molecule has 1 unspecified atom stereocenters. The topological polar surface area (TPSA) is 111 Å². The average Bonchev–Trinajstić information content (AvgIpc) is 3.20. The molecule has 166 valence electrons. The Hall–Kier alpha value is -2.82. The number of nitrogens with one attached hydrogen (secondary N) is 1. The van der Waals surface area contributed by atoms with Gasteiger partial charge in [0.25, 0.3) is 5.91 Å². The van der Waals surface area contributed by atoms with E-state index in [4.69, 9.17) is 25.8 Å². The number of nitrogens with zero attached hydrogens (tertiary/aromatic N) is 1. The number of likely N-dealkylation sites (N-methyl/N-ethyl adjacent to an activating group) is 1. The molecule has 0 aliphatic carbocycles. The Morgan fingerprint density at radius 3 is 2.55 bits per heavy atom. The molecule has 2 aromatic carbocycles. The van der Waals surface area contributed by atoms with Crippen LogP contribution in [0.25, 0.3) is 0 Å². The molecule has 31 heavy (non-hydrogen) atoms. The van der Waals surface area contributed by atoms with Crippen LogP contribution >= 0.6 is 11.6 Å². The first-order valence-electron chi connectivity index (χ1n) is 9.24. The van der Waals surface area contributed by atoms with E-state index in [0.717, 1.165) is 9.87 Å². The number of rotatable bonds is 8. The van der Waals surface area contributed by atoms with Gasteiger partial charge < -0.3 is 19.5 Å². The summed E-state index contributed by atoms with van der Waals surface area (Å²) in [7, 11) is -2.66. The Morgan fingerprint density at radius 2 is 1.84 bits per heavy atom. The highest BCUT2D eigenvalue weighted by atomic mass is 35.5. The summed E-state index contributed by atoms with van der Waals surface area (Å²) in [5.41, 5.74) is 0.782. The molecule has 1 heterocycles. The molecule has 9 nitrogen and oxygen atoms in total. The monoisotopic (exact) mass is 468 g/mol. The van der Waals surface area contributed by atoms with Crippen LogP contribution in [0.1, 0.15) is 12.5 Å². The lowest BCUT2D eigenvalue weighted by Crippen LogP contribution is -2.39. The molecule has 0 saturated carbocycles. The van der Waals surface area contributed by atoms with Gasteiger partial charge in [0.05, 0.1) is 4.90 Å². The van der Waals surface area contributed by atoms with Crippen molar-refractivity contribution < 1.29 is 32.2 Å². The number of hydrogen-bond donors (Lipinski definition) is 1. The van der Waals surface area contributed by atoms with Crippen LogP contribution in [0, 0.1) is 0 Å². The van der Waals surface area contributed by atoms with Gasteiger partial charge in [-0.1, -0.05) is 17.7 Å². The zero-order chi connectivity index (χ0) is 22.6. The van der Waals surface area contributed by atoms with Crippen molar-refractivity contribution >= 4 is 33.5 Å². The average molecular weight is 469 g/mol. The van der Waals surface area contributed by atoms with Crippen LogP contribution in [-0.2, 0) is 30.9 Å². The number of benzene rings is 2. The third kappa shape index (κ3) is 5.66. The second-order valence-corrected chi connectivity index (χ2v) is 9.23. The third-order valence-corrected chi connectivity index (χ3v) is 6.52. The van der Waals surface area contributed by atoms with Crippen molar-refractivity contribution in [3.05, 3.63) is 53.1 Å². The van der Waals surface area contributed by atoms with Crippen molar-refractivity contribution in [1.29, 1.82) is 0 Å². The van der Waals surface area contributed by atoms with Crippen molar-refractivity contribution in [3.8, 4) is 11.5 Å². The highest BCUT2D eigenvalue weighted by molar-refractivity contribution is 7.89. The Bertz CT molecular complexity index is 1070. The Balaban J connectivity index is 1.50. The fraction of sp³-hybridized carbons (Fsp3) is 0.300. The van der Waals surface area contributed by atoms with Crippen LogP contribution in [0.4, 0.5) is 0 Å². The summed E-state index contributed by atoms with van der Waals surface area (Å²) >= 11 is 5.77. The summed E-state index contributed by atoms with van der Waals surface area (Å²) < 4.78 is 41.5. The Morgan fingerprint density at radius 1 is 1.16 bits per heavy atom. The first-order chi connectivity index (χ1) is 14.7. The highest BCUT2D eigenvalue weighted by Gasteiger charge is 2.25. The summed E-state index contributed by atoms with van der Waals surface area (Å²) in [6, 6.07) is 10.8. The SMILES string of the molecule is CC(OC(=O)CN(C)S(=O)(=O)c1ccc(Cl)cc1)C(=O)NCc1ccc2c(c1)OCO2. The number of carbonyl (C=O) groups excluding carboxylic acids is 2. The summed E-state index contributed by atoms with van der Waals surface area (Å²) in [5, 5.41) is 3.04. The number of halogens is 1. The van der Waals surface area contributed by atoms with Crippen LogP contribution in [0.15, 0.2) is 47.4 Å². The van der Waals surface area contributed by atoms with E-state index < -0.39 is 34.5 Å². The predicted molar refractivity (Wildman–Crippen MR) is 111 cm³/mol. The van der Waals surface area contributed by atoms with Crippen molar-refractivity contribution in [2.45, 2.75) is 24.5 Å². The molecule has 0 radical (unpaired) electrons. The van der Waals surface area contributed by atoms with Crippen molar-refractivity contribution in [2.75, 3.05) is 20.4 Å². The van der Waals surface area contributed by atoms with Crippen LogP contribution in [-0.4, -0.2) is 51.1 Å². The van der Waals surface area contributed by atoms with Gasteiger partial charge in [0, 0.05) is 18.6 Å². The fourth-order valence-corrected chi connectivity index (χ4v) is 3.97. The maximum atomic E-state index is 12.5. The summed E-state index contributed by atoms with van der Waals surface area (Å²) in [4.78, 5) is 24.4. The third-order valence-electron chi connectivity index (χ3n) is 4.45. The summed E-state index contributed by atoms with van der Waals surface area (Å²) in [5.74, 6) is -0.147. The van der Waals surface area contributed by atoms with Crippen LogP contribution in [0.2, 0.25) is 5.02 Å². The number of amides is 1. The minimum absolute atomic E-state index is 0.0123. The molecule has 11 heteroatoms. The number of carbonyl (C=O) groups is 2. The van der Waals surface area contributed by atoms with E-state index >= 15 is 0 Å². The van der Waals surface area contributed by atoms with E-state index in [1.54, 1.807) is 18.2 Å². The second-order valence-electron chi connectivity index (χ2n) is 6.75. The molecule has 1 aliphatic heterocycles. The number of hydrogen-bond acceptors (Lipinski definition) is 7. The van der Waals surface area contributed by atoms with Crippen molar-refractivity contribution in [2.24, 2.45) is 0 Å². The van der Waals surface area contributed by atoms with Gasteiger partial charge in [0.15, 0.2) is 17.6 Å². The summed E-state index contributed by atoms with van der Waals surface area (Å²) in [6.45, 7) is 1.20. The zero-order valence-electron chi connectivity index (χ0n) is 16.8. The molecule has 2 aromatic rings. The number of fused-ring (bicyclic) bond motifs is 1. The maximum Gasteiger partial charge on any atom is 0.322 e. The van der Waals surface area contributed by atoms with Crippen LogP contribution < -0.4 is 14.8 Å². The fourth-order valence-electron chi connectivity index (χ4n) is 2.73. The largest absolute Gasteiger partial charge is 0.454 e. The first kappa shape index (κ1) is 22.9. The standard InChI is InChI=1S/C20H21ClN2O7S/c1-13(20(25)22-10-14-3-8-17-18(9-14)29-12-28-17)30-19(24)11-23(2)31(26,27)16-6-4-15(21)5-7-16/h3-9,13H,10-12H2,1-2H3,(H,22,25). The smallest absolute Gasteiger partial charge is 0.322 e. The molecule has 1 amide bonds. The van der Waals surface area contributed by atoms with Gasteiger partial charge in [-0.15, -0.1) is 0 Å². The lowest BCUT2D eigenvalue weighted by molar-refractivity contribution is -0.154. The quantitative estimate of drug-likeness (QED) is 0.589. The van der Waals surface area contributed by atoms with Gasteiger partial charge in [-0.3, -0.25) is 9.59 Å². The lowest BCUT2D eigenvalue weighted by Gasteiger charge is -2.18. The molecule has 0 spiro atoms. The molecule has 0 saturated heterocycles. The van der Waals surface area contributed by atoms with Gasteiger partial charge in [0.2, 0.25) is 16.8 Å². The van der Waals surface area contributed by atoms with Gasteiger partial charge >= 0.3 is 5.97 Å². The predicted octanol–water partition coefficient (Wildman–Crippen LogP) is 1.94. The molecule has 0 fully saturated rings. The lowest BCUT2D eigenvalue weighted by atomic mass is 10.2. The molecule has 1 N–H and O–H groups in total. The van der Waals surface area contributed by atoms with E-state index in [2.05, 4.69) is 5.32 Å². The zero-order valence-corrected chi connectivity index (χ0v) is 18.4. The molecule has 1 atom stereocenters. The van der Waals surface area contributed by atoms with E-state index in [0.29, 0.717) is 16.5 Å². The number of ether oxygens (including phenoxy) is 3. The molecule has 1 aliphatic rings. The molecule has 3 rings (SSSR count). The van der Waals surface area contributed by atoms with E-state index in [1.165, 1.54) is 38.2 Å². The normalized spacial score (nSPS) is 13.7. The number of esters is 1. The van der Waals surface area contributed by atoms with Crippen LogP contribution in [0.5, 0.6) is 11.5 Å².